The van der Waals surface area contributed by atoms with Crippen LogP contribution >= 0.6 is 0 Å². The second-order valence-corrected chi connectivity index (χ2v) is 5.73. The van der Waals surface area contributed by atoms with Crippen molar-refractivity contribution in [3.63, 3.8) is 0 Å². The molecule has 1 N–H and O–H groups in total. The van der Waals surface area contributed by atoms with Crippen molar-refractivity contribution < 1.29 is 9.47 Å². The predicted octanol–water partition coefficient (Wildman–Crippen LogP) is 3.59. The van der Waals surface area contributed by atoms with E-state index >= 15 is 0 Å². The summed E-state index contributed by atoms with van der Waals surface area (Å²) in [7, 11) is 0. The van der Waals surface area contributed by atoms with Crippen molar-refractivity contribution in [3.05, 3.63) is 58.7 Å². The molecule has 2 aromatic carbocycles. The van der Waals surface area contributed by atoms with Crippen molar-refractivity contribution in [2.24, 2.45) is 0 Å². The number of nitrogens with zero attached hydrogens (tertiary/aromatic N) is 1. The van der Waals surface area contributed by atoms with Crippen molar-refractivity contribution >= 4 is 0 Å². The lowest BCUT2D eigenvalue weighted by Crippen LogP contribution is -2.30. The molecule has 1 heterocycles. The zero-order valence-corrected chi connectivity index (χ0v) is 14.1. The third-order valence-electron chi connectivity index (χ3n) is 4.23. The third kappa shape index (κ3) is 3.22. The van der Waals surface area contributed by atoms with Gasteiger partial charge < -0.3 is 14.8 Å². The van der Waals surface area contributed by atoms with E-state index in [0.717, 1.165) is 30.0 Å². The molecule has 0 amide bonds. The molecule has 4 nitrogen and oxygen atoms in total. The van der Waals surface area contributed by atoms with E-state index in [1.165, 1.54) is 11.1 Å². The van der Waals surface area contributed by atoms with Crippen molar-refractivity contribution in [1.82, 2.24) is 5.32 Å². The summed E-state index contributed by atoms with van der Waals surface area (Å²) in [5, 5.41) is 12.5. The molecular formula is C20H22N2O2. The maximum atomic E-state index is 8.98. The maximum absolute atomic E-state index is 8.98. The number of nitriles is 1. The molecule has 0 fully saturated rings. The Labute approximate surface area is 143 Å². The average molecular weight is 322 g/mol. The van der Waals surface area contributed by atoms with Crippen LogP contribution in [0.2, 0.25) is 0 Å². The Morgan fingerprint density at radius 3 is 2.38 bits per heavy atom. The SMILES string of the molecule is CCOc1cc2c(cc1OCC)C(c1ccc(C#N)cc1)NCC2. The first-order valence-corrected chi connectivity index (χ1v) is 8.42. The van der Waals surface area contributed by atoms with Gasteiger partial charge in [0.25, 0.3) is 0 Å². The smallest absolute Gasteiger partial charge is 0.161 e. The highest BCUT2D eigenvalue weighted by molar-refractivity contribution is 5.52. The lowest BCUT2D eigenvalue weighted by molar-refractivity contribution is 0.286. The van der Waals surface area contributed by atoms with Gasteiger partial charge in [0.15, 0.2) is 11.5 Å². The predicted molar refractivity (Wildman–Crippen MR) is 93.5 cm³/mol. The minimum Gasteiger partial charge on any atom is -0.490 e. The number of nitrogens with one attached hydrogen (secondary N) is 1. The first-order chi connectivity index (χ1) is 11.8. The molecule has 0 saturated heterocycles. The second kappa shape index (κ2) is 7.37. The molecule has 24 heavy (non-hydrogen) atoms. The van der Waals surface area contributed by atoms with E-state index < -0.39 is 0 Å². The topological polar surface area (TPSA) is 54.3 Å². The van der Waals surface area contributed by atoms with E-state index in [1.54, 1.807) is 0 Å². The van der Waals surface area contributed by atoms with E-state index in [4.69, 9.17) is 14.7 Å². The molecule has 0 aliphatic carbocycles. The lowest BCUT2D eigenvalue weighted by atomic mass is 9.89. The highest BCUT2D eigenvalue weighted by Crippen LogP contribution is 2.37. The van der Waals surface area contributed by atoms with E-state index in [1.807, 2.05) is 38.1 Å². The van der Waals surface area contributed by atoms with Gasteiger partial charge in [-0.05, 0) is 61.2 Å². The molecule has 0 aromatic heterocycles. The van der Waals surface area contributed by atoms with Gasteiger partial charge in [-0.3, -0.25) is 0 Å². The van der Waals surface area contributed by atoms with Gasteiger partial charge in [-0.15, -0.1) is 0 Å². The summed E-state index contributed by atoms with van der Waals surface area (Å²) in [5.74, 6) is 1.61. The molecule has 0 bridgehead atoms. The number of benzene rings is 2. The van der Waals surface area contributed by atoms with Crippen LogP contribution in [0.15, 0.2) is 36.4 Å². The Bertz CT molecular complexity index is 747. The van der Waals surface area contributed by atoms with E-state index in [9.17, 15) is 0 Å². The summed E-state index contributed by atoms with van der Waals surface area (Å²) in [6, 6.07) is 14.2. The highest BCUT2D eigenvalue weighted by Gasteiger charge is 2.24. The summed E-state index contributed by atoms with van der Waals surface area (Å²) < 4.78 is 11.5. The minimum atomic E-state index is 0.108. The molecule has 2 aromatic rings. The van der Waals surface area contributed by atoms with Crippen LogP contribution in [0, 0.1) is 11.3 Å². The number of rotatable bonds is 5. The first kappa shape index (κ1) is 16.4. The van der Waals surface area contributed by atoms with Crippen LogP contribution in [0.5, 0.6) is 11.5 Å². The zero-order valence-electron chi connectivity index (χ0n) is 14.1. The monoisotopic (exact) mass is 322 g/mol. The van der Waals surface area contributed by atoms with E-state index in [-0.39, 0.29) is 6.04 Å². The summed E-state index contributed by atoms with van der Waals surface area (Å²) >= 11 is 0. The largest absolute Gasteiger partial charge is 0.490 e. The Hall–Kier alpha value is -2.51. The molecule has 1 aliphatic heterocycles. The Morgan fingerprint density at radius 1 is 1.08 bits per heavy atom. The number of ether oxygens (including phenoxy) is 2. The number of fused-ring (bicyclic) bond motifs is 1. The van der Waals surface area contributed by atoms with Gasteiger partial charge in [0.1, 0.15) is 0 Å². The van der Waals surface area contributed by atoms with Crippen LogP contribution in [-0.4, -0.2) is 19.8 Å². The number of hydrogen-bond acceptors (Lipinski definition) is 4. The number of hydrogen-bond donors (Lipinski definition) is 1. The van der Waals surface area contributed by atoms with Crippen LogP contribution in [0.1, 0.15) is 42.1 Å². The Kier molecular flexibility index (Phi) is 5.02. The quantitative estimate of drug-likeness (QED) is 0.914. The van der Waals surface area contributed by atoms with Crippen molar-refractivity contribution in [3.8, 4) is 17.6 Å². The normalized spacial score (nSPS) is 16.1. The first-order valence-electron chi connectivity index (χ1n) is 8.42. The molecule has 0 saturated carbocycles. The molecule has 0 spiro atoms. The van der Waals surface area contributed by atoms with E-state index in [2.05, 4.69) is 23.5 Å². The van der Waals surface area contributed by atoms with Gasteiger partial charge in [0, 0.05) is 6.54 Å². The molecule has 1 atom stereocenters. The van der Waals surface area contributed by atoms with Gasteiger partial charge in [0.05, 0.1) is 30.9 Å². The Morgan fingerprint density at radius 2 is 1.75 bits per heavy atom. The third-order valence-corrected chi connectivity index (χ3v) is 4.23. The standard InChI is InChI=1S/C20H22N2O2/c1-3-23-18-11-16-9-10-22-20(17(16)12-19(18)24-4-2)15-7-5-14(13-21)6-8-15/h5-8,11-12,20,22H,3-4,9-10H2,1-2H3. The fourth-order valence-corrected chi connectivity index (χ4v) is 3.15. The zero-order chi connectivity index (χ0) is 16.9. The van der Waals surface area contributed by atoms with Crippen molar-refractivity contribution in [1.29, 1.82) is 5.26 Å². The van der Waals surface area contributed by atoms with Gasteiger partial charge in [-0.1, -0.05) is 12.1 Å². The molecule has 3 rings (SSSR count). The van der Waals surface area contributed by atoms with Crippen LogP contribution in [-0.2, 0) is 6.42 Å². The second-order valence-electron chi connectivity index (χ2n) is 5.73. The molecule has 0 radical (unpaired) electrons. The fraction of sp³-hybridized carbons (Fsp3) is 0.350. The van der Waals surface area contributed by atoms with Crippen LogP contribution in [0.25, 0.3) is 0 Å². The summed E-state index contributed by atoms with van der Waals surface area (Å²) in [5.41, 5.74) is 4.34. The van der Waals surface area contributed by atoms with Crippen LogP contribution < -0.4 is 14.8 Å². The van der Waals surface area contributed by atoms with Gasteiger partial charge in [0.2, 0.25) is 0 Å². The van der Waals surface area contributed by atoms with Crippen molar-refractivity contribution in [2.75, 3.05) is 19.8 Å². The van der Waals surface area contributed by atoms with E-state index in [0.29, 0.717) is 18.8 Å². The average Bonchev–Trinajstić information content (AvgIpc) is 2.62. The molecule has 1 aliphatic rings. The Balaban J connectivity index is 2.01. The minimum absolute atomic E-state index is 0.108. The van der Waals surface area contributed by atoms with Gasteiger partial charge in [-0.2, -0.15) is 5.26 Å². The fourth-order valence-electron chi connectivity index (χ4n) is 3.15. The summed E-state index contributed by atoms with van der Waals surface area (Å²) in [6.45, 7) is 6.10. The molecule has 1 unspecified atom stereocenters. The van der Waals surface area contributed by atoms with Crippen molar-refractivity contribution in [2.45, 2.75) is 26.3 Å². The van der Waals surface area contributed by atoms with Gasteiger partial charge in [-0.25, -0.2) is 0 Å². The van der Waals surface area contributed by atoms with Crippen LogP contribution in [0.4, 0.5) is 0 Å². The summed E-state index contributed by atoms with van der Waals surface area (Å²) in [4.78, 5) is 0. The highest BCUT2D eigenvalue weighted by atomic mass is 16.5. The molecular weight excluding hydrogens is 300 g/mol. The molecule has 124 valence electrons. The maximum Gasteiger partial charge on any atom is 0.161 e. The van der Waals surface area contributed by atoms with Gasteiger partial charge >= 0.3 is 0 Å². The summed E-state index contributed by atoms with van der Waals surface area (Å²) in [6.07, 6.45) is 0.967. The lowest BCUT2D eigenvalue weighted by Gasteiger charge is -2.29. The van der Waals surface area contributed by atoms with Crippen LogP contribution in [0.3, 0.4) is 0 Å². The molecule has 4 heteroatoms.